The summed E-state index contributed by atoms with van der Waals surface area (Å²) in [5.41, 5.74) is 2.04. The molecule has 5 nitrogen and oxygen atoms in total. The Balaban J connectivity index is 1.87. The van der Waals surface area contributed by atoms with E-state index in [1.807, 2.05) is 18.2 Å². The number of piperazine rings is 1. The highest BCUT2D eigenvalue weighted by Crippen LogP contribution is 2.23. The normalized spacial score (nSPS) is 18.6. The third-order valence-electron chi connectivity index (χ3n) is 3.80. The Bertz CT molecular complexity index is 560. The van der Waals surface area contributed by atoms with E-state index in [9.17, 15) is 0 Å². The van der Waals surface area contributed by atoms with Crippen LogP contribution in [0.1, 0.15) is 18.8 Å². The fraction of sp³-hybridized carbons (Fsp3) is 0.500. The van der Waals surface area contributed by atoms with E-state index in [1.165, 1.54) is 0 Å². The third-order valence-corrected chi connectivity index (χ3v) is 3.80. The monoisotopic (exact) mass is 260 g/mol. The number of aromatic amines is 1. The fourth-order valence-corrected chi connectivity index (χ4v) is 2.58. The molecule has 1 aromatic heterocycles. The molecule has 1 aromatic carbocycles. The van der Waals surface area contributed by atoms with Gasteiger partial charge in [0.1, 0.15) is 11.6 Å². The average Bonchev–Trinajstić information content (AvgIpc) is 2.90. The van der Waals surface area contributed by atoms with Crippen LogP contribution < -0.4 is 10.1 Å². The predicted molar refractivity (Wildman–Crippen MR) is 75.5 cm³/mol. The van der Waals surface area contributed by atoms with Crippen LogP contribution in [0.5, 0.6) is 5.75 Å². The lowest BCUT2D eigenvalue weighted by molar-refractivity contribution is 0.180. The molecule has 0 aliphatic carbocycles. The van der Waals surface area contributed by atoms with Crippen LogP contribution in [-0.2, 0) is 0 Å². The van der Waals surface area contributed by atoms with Gasteiger partial charge < -0.3 is 15.0 Å². The Hall–Kier alpha value is -1.59. The topological polar surface area (TPSA) is 53.2 Å². The van der Waals surface area contributed by atoms with E-state index >= 15 is 0 Å². The number of imidazole rings is 1. The van der Waals surface area contributed by atoms with Gasteiger partial charge in [0.2, 0.25) is 0 Å². The number of nitrogens with one attached hydrogen (secondary N) is 2. The molecular weight excluding hydrogens is 240 g/mol. The van der Waals surface area contributed by atoms with E-state index < -0.39 is 0 Å². The van der Waals surface area contributed by atoms with Gasteiger partial charge >= 0.3 is 0 Å². The van der Waals surface area contributed by atoms with Crippen LogP contribution in [0.3, 0.4) is 0 Å². The second kappa shape index (κ2) is 5.19. The van der Waals surface area contributed by atoms with Crippen molar-refractivity contribution in [2.45, 2.75) is 13.0 Å². The van der Waals surface area contributed by atoms with E-state index in [-0.39, 0.29) is 0 Å². The van der Waals surface area contributed by atoms with Crippen molar-refractivity contribution in [3.05, 3.63) is 24.0 Å². The van der Waals surface area contributed by atoms with Crippen LogP contribution in [0.2, 0.25) is 0 Å². The van der Waals surface area contributed by atoms with Gasteiger partial charge in [0.15, 0.2) is 0 Å². The first-order chi connectivity index (χ1) is 9.28. The lowest BCUT2D eigenvalue weighted by Gasteiger charge is -2.31. The van der Waals surface area contributed by atoms with Crippen molar-refractivity contribution >= 4 is 11.0 Å². The Morgan fingerprint density at radius 2 is 2.11 bits per heavy atom. The van der Waals surface area contributed by atoms with Crippen molar-refractivity contribution in [3.8, 4) is 5.75 Å². The van der Waals surface area contributed by atoms with E-state index in [0.717, 1.165) is 48.8 Å². The van der Waals surface area contributed by atoms with E-state index in [4.69, 9.17) is 9.72 Å². The van der Waals surface area contributed by atoms with Gasteiger partial charge in [-0.15, -0.1) is 0 Å². The summed E-state index contributed by atoms with van der Waals surface area (Å²) in [6.07, 6.45) is 0. The van der Waals surface area contributed by atoms with Gasteiger partial charge in [-0.25, -0.2) is 4.98 Å². The average molecular weight is 260 g/mol. The molecule has 1 aliphatic rings. The van der Waals surface area contributed by atoms with Gasteiger partial charge in [0.05, 0.1) is 24.2 Å². The zero-order valence-corrected chi connectivity index (χ0v) is 11.4. The highest BCUT2D eigenvalue weighted by molar-refractivity contribution is 5.76. The molecule has 0 radical (unpaired) electrons. The lowest BCUT2D eigenvalue weighted by atomic mass is 10.2. The molecule has 0 spiro atoms. The van der Waals surface area contributed by atoms with Gasteiger partial charge in [-0.3, -0.25) is 4.90 Å². The molecule has 1 aliphatic heterocycles. The summed E-state index contributed by atoms with van der Waals surface area (Å²) in [4.78, 5) is 10.6. The molecule has 1 atom stereocenters. The number of ether oxygens (including phenoxy) is 1. The molecule has 3 rings (SSSR count). The minimum Gasteiger partial charge on any atom is -0.497 e. The number of hydrogen-bond acceptors (Lipinski definition) is 4. The molecule has 2 N–H and O–H groups in total. The maximum atomic E-state index is 5.24. The van der Waals surface area contributed by atoms with E-state index in [1.54, 1.807) is 7.11 Å². The van der Waals surface area contributed by atoms with Gasteiger partial charge in [0.25, 0.3) is 0 Å². The minimum absolute atomic E-state index is 0.320. The zero-order valence-electron chi connectivity index (χ0n) is 11.4. The first-order valence-electron chi connectivity index (χ1n) is 6.76. The number of aromatic nitrogens is 2. The highest BCUT2D eigenvalue weighted by atomic mass is 16.5. The van der Waals surface area contributed by atoms with Crippen LogP contribution in [0.15, 0.2) is 18.2 Å². The number of hydrogen-bond donors (Lipinski definition) is 2. The lowest BCUT2D eigenvalue weighted by Crippen LogP contribution is -2.44. The maximum absolute atomic E-state index is 5.24. The van der Waals surface area contributed by atoms with Gasteiger partial charge in [-0.2, -0.15) is 0 Å². The standard InChI is InChI=1S/C14H20N4O/c1-10(18-7-5-15-6-8-18)14-16-12-4-3-11(19-2)9-13(12)17-14/h3-4,9-10,15H,5-8H2,1-2H3,(H,16,17). The van der Waals surface area contributed by atoms with Crippen LogP contribution >= 0.6 is 0 Å². The molecule has 19 heavy (non-hydrogen) atoms. The second-order valence-electron chi connectivity index (χ2n) is 4.97. The van der Waals surface area contributed by atoms with Crippen LogP contribution in [-0.4, -0.2) is 48.2 Å². The van der Waals surface area contributed by atoms with Crippen molar-refractivity contribution in [2.24, 2.45) is 0 Å². The predicted octanol–water partition coefficient (Wildman–Crippen LogP) is 1.54. The number of methoxy groups -OCH3 is 1. The second-order valence-corrected chi connectivity index (χ2v) is 4.97. The summed E-state index contributed by atoms with van der Waals surface area (Å²) in [5, 5.41) is 3.37. The SMILES string of the molecule is COc1ccc2nc(C(C)N3CCNCC3)[nH]c2c1. The third kappa shape index (κ3) is 2.43. The van der Waals surface area contributed by atoms with Crippen LogP contribution in [0.25, 0.3) is 11.0 Å². The maximum Gasteiger partial charge on any atom is 0.124 e. The quantitative estimate of drug-likeness (QED) is 0.879. The molecule has 0 amide bonds. The van der Waals surface area contributed by atoms with Crippen LogP contribution in [0.4, 0.5) is 0 Å². The Kier molecular flexibility index (Phi) is 3.40. The van der Waals surface area contributed by atoms with Crippen molar-refractivity contribution in [3.63, 3.8) is 0 Å². The minimum atomic E-state index is 0.320. The van der Waals surface area contributed by atoms with Crippen molar-refractivity contribution in [2.75, 3.05) is 33.3 Å². The van der Waals surface area contributed by atoms with Crippen molar-refractivity contribution < 1.29 is 4.74 Å². The fourth-order valence-electron chi connectivity index (χ4n) is 2.58. The first kappa shape index (κ1) is 12.4. The Morgan fingerprint density at radius 3 is 2.84 bits per heavy atom. The van der Waals surface area contributed by atoms with Crippen LogP contribution in [0, 0.1) is 0 Å². The zero-order chi connectivity index (χ0) is 13.2. The van der Waals surface area contributed by atoms with E-state index in [0.29, 0.717) is 6.04 Å². The molecule has 0 bridgehead atoms. The molecule has 2 heterocycles. The summed E-state index contributed by atoms with van der Waals surface area (Å²) in [6.45, 7) is 6.46. The summed E-state index contributed by atoms with van der Waals surface area (Å²) < 4.78 is 5.24. The first-order valence-corrected chi connectivity index (χ1v) is 6.76. The van der Waals surface area contributed by atoms with Gasteiger partial charge in [0, 0.05) is 32.2 Å². The molecule has 2 aromatic rings. The summed E-state index contributed by atoms with van der Waals surface area (Å²) in [7, 11) is 1.68. The van der Waals surface area contributed by atoms with Gasteiger partial charge in [-0.05, 0) is 19.1 Å². The summed E-state index contributed by atoms with van der Waals surface area (Å²) in [5.74, 6) is 1.89. The number of benzene rings is 1. The smallest absolute Gasteiger partial charge is 0.124 e. The highest BCUT2D eigenvalue weighted by Gasteiger charge is 2.20. The van der Waals surface area contributed by atoms with Gasteiger partial charge in [-0.1, -0.05) is 0 Å². The number of H-pyrrole nitrogens is 1. The molecule has 102 valence electrons. The number of nitrogens with zero attached hydrogens (tertiary/aromatic N) is 2. The molecule has 1 saturated heterocycles. The summed E-state index contributed by atoms with van der Waals surface area (Å²) >= 11 is 0. The Labute approximate surface area is 113 Å². The Morgan fingerprint density at radius 1 is 1.32 bits per heavy atom. The van der Waals surface area contributed by atoms with E-state index in [2.05, 4.69) is 22.1 Å². The molecular formula is C14H20N4O. The number of fused-ring (bicyclic) bond motifs is 1. The molecule has 1 fully saturated rings. The largest absolute Gasteiger partial charge is 0.497 e. The molecule has 1 unspecified atom stereocenters. The van der Waals surface area contributed by atoms with Crippen molar-refractivity contribution in [1.82, 2.24) is 20.2 Å². The summed E-state index contributed by atoms with van der Waals surface area (Å²) in [6, 6.07) is 6.26. The van der Waals surface area contributed by atoms with Crippen molar-refractivity contribution in [1.29, 1.82) is 0 Å². The molecule has 5 heteroatoms. The number of rotatable bonds is 3. The molecule has 0 saturated carbocycles.